The first kappa shape index (κ1) is 32.4. The van der Waals surface area contributed by atoms with E-state index in [0.29, 0.717) is 6.61 Å². The van der Waals surface area contributed by atoms with Crippen LogP contribution in [0.15, 0.2) is 24.3 Å². The molecule has 0 N–H and O–H groups in total. The highest BCUT2D eigenvalue weighted by Gasteiger charge is 2.56. The van der Waals surface area contributed by atoms with Crippen LogP contribution >= 0.6 is 0 Å². The molecule has 4 aliphatic rings. The molecule has 1 aromatic heterocycles. The lowest BCUT2D eigenvalue weighted by atomic mass is 9.67. The van der Waals surface area contributed by atoms with E-state index in [4.69, 9.17) is 23.6 Å². The molecule has 3 aliphatic heterocycles. The molecule has 242 valence electrons. The Hall–Kier alpha value is -1.57. The fourth-order valence-electron chi connectivity index (χ4n) is 8.01. The van der Waals surface area contributed by atoms with Crippen molar-refractivity contribution in [2.24, 2.45) is 11.3 Å². The minimum atomic E-state index is -2.08. The van der Waals surface area contributed by atoms with Crippen molar-refractivity contribution in [1.82, 2.24) is 4.98 Å². The monoisotopic (exact) mass is 619 g/mol. The maximum atomic E-state index is 7.58. The second-order valence-electron chi connectivity index (χ2n) is 17.2. The minimum Gasteiger partial charge on any atom is -0.410 e. The third-order valence-electron chi connectivity index (χ3n) is 11.7. The minimum absolute atomic E-state index is 0.0117. The maximum Gasteiger partial charge on any atom is 0.192 e. The van der Waals surface area contributed by atoms with Crippen molar-refractivity contribution in [3.63, 3.8) is 0 Å². The topological polar surface area (TPSA) is 49.8 Å². The van der Waals surface area contributed by atoms with E-state index in [0.717, 1.165) is 45.5 Å². The van der Waals surface area contributed by atoms with Crippen molar-refractivity contribution in [3.8, 4) is 0 Å². The molecule has 6 heteroatoms. The smallest absolute Gasteiger partial charge is 0.192 e. The molecule has 0 radical (unpaired) electrons. The number of rotatable bonds is 6. The fourth-order valence-corrected chi connectivity index (χ4v) is 9.27. The highest BCUT2D eigenvalue weighted by Crippen LogP contribution is 2.60. The van der Waals surface area contributed by atoms with Gasteiger partial charge in [-0.25, -0.2) is 0 Å². The molecule has 1 aliphatic carbocycles. The van der Waals surface area contributed by atoms with Gasteiger partial charge in [0.15, 0.2) is 8.32 Å². The largest absolute Gasteiger partial charge is 0.410 e. The zero-order valence-corrected chi connectivity index (χ0v) is 30.4. The first-order valence-electron chi connectivity index (χ1n) is 17.2. The number of hydrogen-bond donors (Lipinski definition) is 0. The van der Waals surface area contributed by atoms with E-state index in [1.165, 1.54) is 39.2 Å². The number of aromatic nitrogens is 1. The third-order valence-corrected chi connectivity index (χ3v) is 16.2. The van der Waals surface area contributed by atoms with Crippen molar-refractivity contribution in [2.75, 3.05) is 26.4 Å². The van der Waals surface area contributed by atoms with Gasteiger partial charge < -0.3 is 18.6 Å². The van der Waals surface area contributed by atoms with E-state index in [1.54, 1.807) is 0 Å². The van der Waals surface area contributed by atoms with Crippen molar-refractivity contribution in [1.29, 1.82) is 0 Å². The summed E-state index contributed by atoms with van der Waals surface area (Å²) in [5.74, 6) is 0.561. The summed E-state index contributed by atoms with van der Waals surface area (Å²) in [7, 11) is -2.08. The van der Waals surface area contributed by atoms with E-state index >= 15 is 0 Å². The first-order chi connectivity index (χ1) is 20.5. The molecule has 0 bridgehead atoms. The molecular formula is C38H57NO4Si. The van der Waals surface area contributed by atoms with E-state index < -0.39 is 13.9 Å². The van der Waals surface area contributed by atoms with E-state index in [-0.39, 0.29) is 39.9 Å². The molecule has 6 rings (SSSR count). The number of ether oxygens (including phenoxy) is 3. The van der Waals surface area contributed by atoms with Crippen LogP contribution in [-0.2, 0) is 36.1 Å². The Morgan fingerprint density at radius 3 is 2.27 bits per heavy atom. The Morgan fingerprint density at radius 1 is 1.02 bits per heavy atom. The summed E-state index contributed by atoms with van der Waals surface area (Å²) in [6.45, 7) is 28.9. The molecule has 0 saturated carbocycles. The molecule has 0 amide bonds. The molecule has 2 saturated heterocycles. The molecule has 2 fully saturated rings. The second kappa shape index (κ2) is 11.0. The third kappa shape index (κ3) is 5.25. The quantitative estimate of drug-likeness (QED) is 0.302. The van der Waals surface area contributed by atoms with Crippen LogP contribution < -0.4 is 0 Å². The molecule has 1 aromatic carbocycles. The SMILES string of the molecule is CCC1COCCC12OC(c1ccc(C3(C)COC3)cc1)c1c(C(C)C)nc3c(c12)C(O[Si](C)(C)C(C)(C)C)CC(C)(C)C3. The lowest BCUT2D eigenvalue weighted by Gasteiger charge is -2.47. The average Bonchev–Trinajstić information content (AvgIpc) is 3.24. The van der Waals surface area contributed by atoms with Gasteiger partial charge in [-0.2, -0.15) is 0 Å². The van der Waals surface area contributed by atoms with Gasteiger partial charge in [0, 0.05) is 46.9 Å². The highest BCUT2D eigenvalue weighted by atomic mass is 28.4. The van der Waals surface area contributed by atoms with Gasteiger partial charge in [-0.3, -0.25) is 4.98 Å². The number of benzene rings is 1. The Morgan fingerprint density at radius 2 is 1.70 bits per heavy atom. The lowest BCUT2D eigenvalue weighted by Crippen LogP contribution is -2.46. The van der Waals surface area contributed by atoms with Gasteiger partial charge in [0.25, 0.3) is 0 Å². The van der Waals surface area contributed by atoms with Crippen molar-refractivity contribution >= 4 is 8.32 Å². The van der Waals surface area contributed by atoms with Crippen LogP contribution in [0.5, 0.6) is 0 Å². The molecule has 4 unspecified atom stereocenters. The highest BCUT2D eigenvalue weighted by molar-refractivity contribution is 6.74. The summed E-state index contributed by atoms with van der Waals surface area (Å²) in [5, 5.41) is 0.119. The Balaban J connectivity index is 1.59. The summed E-state index contributed by atoms with van der Waals surface area (Å²) < 4.78 is 26.8. The Bertz CT molecular complexity index is 1390. The zero-order chi connectivity index (χ0) is 31.9. The molecule has 4 heterocycles. The van der Waals surface area contributed by atoms with Gasteiger partial charge in [0.05, 0.1) is 25.9 Å². The normalized spacial score (nSPS) is 29.4. The van der Waals surface area contributed by atoms with Crippen LogP contribution in [0.1, 0.15) is 139 Å². The molecular weight excluding hydrogens is 563 g/mol. The van der Waals surface area contributed by atoms with Crippen LogP contribution in [-0.4, -0.2) is 39.7 Å². The van der Waals surface area contributed by atoms with Gasteiger partial charge in [-0.05, 0) is 65.4 Å². The summed E-state index contributed by atoms with van der Waals surface area (Å²) in [4.78, 5) is 5.61. The van der Waals surface area contributed by atoms with Crippen molar-refractivity contribution in [3.05, 3.63) is 63.5 Å². The van der Waals surface area contributed by atoms with Crippen LogP contribution in [0.2, 0.25) is 18.1 Å². The molecule has 2 aromatic rings. The number of fused-ring (bicyclic) bond motifs is 4. The van der Waals surface area contributed by atoms with E-state index in [2.05, 4.69) is 99.7 Å². The van der Waals surface area contributed by atoms with Crippen molar-refractivity contribution < 1.29 is 18.6 Å². The summed E-state index contributed by atoms with van der Waals surface area (Å²) in [5.41, 5.74) is 8.89. The van der Waals surface area contributed by atoms with Crippen molar-refractivity contribution in [2.45, 2.75) is 135 Å². The lowest BCUT2D eigenvalue weighted by molar-refractivity contribution is -0.163. The van der Waals surface area contributed by atoms with Crippen LogP contribution in [0.4, 0.5) is 0 Å². The maximum absolute atomic E-state index is 7.58. The van der Waals surface area contributed by atoms with Gasteiger partial charge in [-0.1, -0.05) is 86.6 Å². The van der Waals surface area contributed by atoms with E-state index in [9.17, 15) is 0 Å². The number of nitrogens with zero attached hydrogens (tertiary/aromatic N) is 1. The summed E-state index contributed by atoms with van der Waals surface area (Å²) >= 11 is 0. The standard InChI is InChI=1S/C38H57NO4Si/c1-12-26-21-40-18-17-38(26)32-30-28(19-36(7,8)20-29(30)43-44(10,11)35(4,5)6)39-33(24(2)3)31(32)34(42-38)25-13-15-27(16-14-25)37(9)22-41-23-37/h13-16,24,26,29,34H,12,17-23H2,1-11H3. The average molecular weight is 620 g/mol. The van der Waals surface area contributed by atoms with Crippen LogP contribution in [0, 0.1) is 11.3 Å². The van der Waals surface area contributed by atoms with Crippen LogP contribution in [0.3, 0.4) is 0 Å². The molecule has 4 atom stereocenters. The van der Waals surface area contributed by atoms with Gasteiger partial charge in [0.2, 0.25) is 0 Å². The second-order valence-corrected chi connectivity index (χ2v) is 22.0. The Labute approximate surface area is 267 Å². The van der Waals surface area contributed by atoms with Crippen LogP contribution in [0.25, 0.3) is 0 Å². The zero-order valence-electron chi connectivity index (χ0n) is 29.4. The molecule has 5 nitrogen and oxygen atoms in total. The summed E-state index contributed by atoms with van der Waals surface area (Å²) in [6.07, 6.45) is 3.71. The number of hydrogen-bond acceptors (Lipinski definition) is 5. The van der Waals surface area contributed by atoms with Gasteiger partial charge in [-0.15, -0.1) is 0 Å². The van der Waals surface area contributed by atoms with Gasteiger partial charge in [0.1, 0.15) is 11.7 Å². The number of pyridine rings is 1. The molecule has 1 spiro atoms. The first-order valence-corrected chi connectivity index (χ1v) is 20.1. The predicted molar refractivity (Wildman–Crippen MR) is 180 cm³/mol. The van der Waals surface area contributed by atoms with E-state index in [1.807, 2.05) is 0 Å². The molecule has 44 heavy (non-hydrogen) atoms. The van der Waals surface area contributed by atoms with Gasteiger partial charge >= 0.3 is 0 Å². The Kier molecular flexibility index (Phi) is 8.10. The predicted octanol–water partition coefficient (Wildman–Crippen LogP) is 9.29. The fraction of sp³-hybridized carbons (Fsp3) is 0.711. The summed E-state index contributed by atoms with van der Waals surface area (Å²) in [6, 6.07) is 9.23.